The van der Waals surface area contributed by atoms with Crippen molar-refractivity contribution in [3.63, 3.8) is 0 Å². The normalized spacial score (nSPS) is 14.3. The molecule has 0 aliphatic rings. The van der Waals surface area contributed by atoms with Gasteiger partial charge in [0.1, 0.15) is 5.75 Å². The van der Waals surface area contributed by atoms with E-state index < -0.39 is 0 Å². The topological polar surface area (TPSA) is 38.5 Å². The fourth-order valence-corrected chi connectivity index (χ4v) is 3.17. The molecule has 3 nitrogen and oxygen atoms in total. The zero-order valence-electron chi connectivity index (χ0n) is 12.7. The zero-order chi connectivity index (χ0) is 15.1. The van der Waals surface area contributed by atoms with Crippen molar-refractivity contribution in [2.24, 2.45) is 5.73 Å². The Morgan fingerprint density at radius 2 is 2.15 bits per heavy atom. The Morgan fingerprint density at radius 1 is 1.45 bits per heavy atom. The van der Waals surface area contributed by atoms with Gasteiger partial charge in [0.2, 0.25) is 0 Å². The summed E-state index contributed by atoms with van der Waals surface area (Å²) in [5.74, 6) is 1.94. The van der Waals surface area contributed by atoms with Crippen molar-refractivity contribution in [2.75, 3.05) is 32.7 Å². The third-order valence-electron chi connectivity index (χ3n) is 3.72. The highest BCUT2D eigenvalue weighted by Gasteiger charge is 2.25. The predicted molar refractivity (Wildman–Crippen MR) is 90.0 cm³/mol. The monoisotopic (exact) mass is 316 g/mol. The molecule has 1 aromatic carbocycles. The summed E-state index contributed by atoms with van der Waals surface area (Å²) in [4.78, 5) is 2.29. The molecular weight excluding hydrogens is 292 g/mol. The summed E-state index contributed by atoms with van der Waals surface area (Å²) in [5, 5.41) is 0.712. The third-order valence-corrected chi connectivity index (χ3v) is 4.69. The Bertz CT molecular complexity index is 417. The maximum Gasteiger partial charge on any atom is 0.125 e. The van der Waals surface area contributed by atoms with Gasteiger partial charge in [0.25, 0.3) is 0 Å². The van der Waals surface area contributed by atoms with E-state index in [1.807, 2.05) is 30.0 Å². The summed E-state index contributed by atoms with van der Waals surface area (Å²) >= 11 is 8.23. The summed E-state index contributed by atoms with van der Waals surface area (Å²) in [6, 6.07) is 6.23. The van der Waals surface area contributed by atoms with Crippen LogP contribution in [0.1, 0.15) is 24.9 Å². The third kappa shape index (κ3) is 4.29. The lowest BCUT2D eigenvalue weighted by molar-refractivity contribution is 0.182. The van der Waals surface area contributed by atoms with E-state index in [1.165, 1.54) is 0 Å². The molecule has 0 aromatic heterocycles. The highest BCUT2D eigenvalue weighted by Crippen LogP contribution is 2.35. The van der Waals surface area contributed by atoms with Gasteiger partial charge in [-0.2, -0.15) is 11.8 Å². The number of hydrogen-bond acceptors (Lipinski definition) is 4. The number of thioether (sulfide) groups is 1. The van der Waals surface area contributed by atoms with Crippen LogP contribution in [-0.2, 0) is 0 Å². The average Bonchev–Trinajstić information content (AvgIpc) is 2.46. The fourth-order valence-electron chi connectivity index (χ4n) is 2.31. The number of likely N-dealkylation sites (N-methyl/N-ethyl adjacent to an activating group) is 1. The van der Waals surface area contributed by atoms with Crippen LogP contribution in [0.15, 0.2) is 18.2 Å². The molecule has 0 fully saturated rings. The van der Waals surface area contributed by atoms with Gasteiger partial charge in [-0.05, 0) is 44.5 Å². The first kappa shape index (κ1) is 17.6. The molecule has 0 saturated carbocycles. The van der Waals surface area contributed by atoms with Gasteiger partial charge >= 0.3 is 0 Å². The maximum atomic E-state index is 6.37. The van der Waals surface area contributed by atoms with E-state index in [1.54, 1.807) is 7.11 Å². The van der Waals surface area contributed by atoms with Gasteiger partial charge in [-0.25, -0.2) is 0 Å². The molecule has 0 radical (unpaired) electrons. The summed E-state index contributed by atoms with van der Waals surface area (Å²) in [6.07, 6.45) is 3.26. The summed E-state index contributed by atoms with van der Waals surface area (Å²) in [5.41, 5.74) is 6.99. The number of nitrogens with two attached hydrogens (primary N) is 1. The highest BCUT2D eigenvalue weighted by molar-refractivity contribution is 7.98. The summed E-state index contributed by atoms with van der Waals surface area (Å²) < 4.78 is 5.45. The van der Waals surface area contributed by atoms with Gasteiger partial charge in [0.05, 0.1) is 13.2 Å². The lowest BCUT2D eigenvalue weighted by Gasteiger charge is -2.34. The Kier molecular flexibility index (Phi) is 7.74. The van der Waals surface area contributed by atoms with E-state index in [9.17, 15) is 0 Å². The molecule has 20 heavy (non-hydrogen) atoms. The molecule has 0 saturated heterocycles. The van der Waals surface area contributed by atoms with Gasteiger partial charge in [-0.1, -0.05) is 17.7 Å². The van der Waals surface area contributed by atoms with Crippen molar-refractivity contribution in [3.8, 4) is 5.75 Å². The number of ether oxygens (including phenoxy) is 1. The van der Waals surface area contributed by atoms with Crippen LogP contribution < -0.4 is 10.5 Å². The Balaban J connectivity index is 3.00. The van der Waals surface area contributed by atoms with Crippen LogP contribution >= 0.6 is 23.4 Å². The summed E-state index contributed by atoms with van der Waals surface area (Å²) in [7, 11) is 3.77. The van der Waals surface area contributed by atoms with Crippen molar-refractivity contribution < 1.29 is 4.74 Å². The minimum Gasteiger partial charge on any atom is -0.496 e. The number of nitrogens with zero attached hydrogens (tertiary/aromatic N) is 1. The quantitative estimate of drug-likeness (QED) is 0.797. The number of halogens is 1. The number of hydrogen-bond donors (Lipinski definition) is 1. The number of rotatable bonds is 8. The van der Waals surface area contributed by atoms with Gasteiger partial charge in [-0.15, -0.1) is 0 Å². The Morgan fingerprint density at radius 3 is 2.70 bits per heavy atom. The van der Waals surface area contributed by atoms with Crippen LogP contribution in [0.2, 0.25) is 5.02 Å². The molecule has 0 bridgehead atoms. The molecule has 2 atom stereocenters. The molecule has 1 aromatic rings. The van der Waals surface area contributed by atoms with Crippen molar-refractivity contribution in [2.45, 2.75) is 25.4 Å². The lowest BCUT2D eigenvalue weighted by Crippen LogP contribution is -2.37. The van der Waals surface area contributed by atoms with E-state index >= 15 is 0 Å². The number of methoxy groups -OCH3 is 1. The van der Waals surface area contributed by atoms with E-state index in [-0.39, 0.29) is 6.04 Å². The zero-order valence-corrected chi connectivity index (χ0v) is 14.3. The molecule has 0 amide bonds. The molecule has 0 aliphatic heterocycles. The first-order valence-corrected chi connectivity index (χ1v) is 8.57. The lowest BCUT2D eigenvalue weighted by atomic mass is 10.0. The van der Waals surface area contributed by atoms with Crippen molar-refractivity contribution >= 4 is 23.4 Å². The molecule has 1 rings (SSSR count). The summed E-state index contributed by atoms with van der Waals surface area (Å²) in [6.45, 7) is 2.74. The van der Waals surface area contributed by atoms with Crippen molar-refractivity contribution in [1.82, 2.24) is 4.90 Å². The van der Waals surface area contributed by atoms with E-state index in [0.29, 0.717) is 17.6 Å². The van der Waals surface area contributed by atoms with Gasteiger partial charge in [0, 0.05) is 23.2 Å². The van der Waals surface area contributed by atoms with E-state index in [4.69, 9.17) is 22.1 Å². The van der Waals surface area contributed by atoms with E-state index in [2.05, 4.69) is 25.1 Å². The van der Waals surface area contributed by atoms with Gasteiger partial charge < -0.3 is 10.5 Å². The second-order valence-electron chi connectivity index (χ2n) is 4.90. The fraction of sp³-hybridized carbons (Fsp3) is 0.600. The second kappa shape index (κ2) is 8.78. The van der Waals surface area contributed by atoms with Crippen LogP contribution in [0, 0.1) is 0 Å². The van der Waals surface area contributed by atoms with Crippen LogP contribution in [0.5, 0.6) is 5.75 Å². The van der Waals surface area contributed by atoms with Gasteiger partial charge in [-0.3, -0.25) is 4.90 Å². The molecule has 0 heterocycles. The molecule has 5 heteroatoms. The Labute approximate surface area is 131 Å². The minimum atomic E-state index is 0.0653. The average molecular weight is 317 g/mol. The number of benzene rings is 1. The van der Waals surface area contributed by atoms with Crippen molar-refractivity contribution in [3.05, 3.63) is 28.8 Å². The standard InChI is InChI=1S/C15H25ClN2OS/c1-11(8-9-20-4)18(2)13(10-17)15-12(16)6-5-7-14(15)19-3/h5-7,11,13H,8-10,17H2,1-4H3. The second-order valence-corrected chi connectivity index (χ2v) is 6.30. The van der Waals surface area contributed by atoms with E-state index in [0.717, 1.165) is 23.5 Å². The predicted octanol–water partition coefficient (Wildman–Crippen LogP) is 3.42. The van der Waals surface area contributed by atoms with Crippen LogP contribution in [0.25, 0.3) is 0 Å². The largest absolute Gasteiger partial charge is 0.496 e. The molecule has 0 spiro atoms. The first-order valence-electron chi connectivity index (χ1n) is 6.80. The van der Waals surface area contributed by atoms with Crippen LogP contribution in [-0.4, -0.2) is 43.7 Å². The smallest absolute Gasteiger partial charge is 0.125 e. The van der Waals surface area contributed by atoms with Gasteiger partial charge in [0.15, 0.2) is 0 Å². The minimum absolute atomic E-state index is 0.0653. The molecule has 2 unspecified atom stereocenters. The molecular formula is C15H25ClN2OS. The Hall–Kier alpha value is -0.420. The van der Waals surface area contributed by atoms with Crippen LogP contribution in [0.3, 0.4) is 0 Å². The highest BCUT2D eigenvalue weighted by atomic mass is 35.5. The van der Waals surface area contributed by atoms with Crippen molar-refractivity contribution in [1.29, 1.82) is 0 Å². The molecule has 2 N–H and O–H groups in total. The first-order chi connectivity index (χ1) is 9.56. The molecule has 114 valence electrons. The van der Waals surface area contributed by atoms with Crippen LogP contribution in [0.4, 0.5) is 0 Å². The SMILES string of the molecule is COc1cccc(Cl)c1C(CN)N(C)C(C)CCSC. The maximum absolute atomic E-state index is 6.37. The molecule has 0 aliphatic carbocycles.